The lowest BCUT2D eigenvalue weighted by atomic mass is 9.92. The average molecular weight is 327 g/mol. The van der Waals surface area contributed by atoms with E-state index in [9.17, 15) is 4.79 Å². The molecule has 1 aliphatic rings. The number of hydrogen-bond donors (Lipinski definition) is 1. The molecule has 1 aromatic heterocycles. The highest BCUT2D eigenvalue weighted by molar-refractivity contribution is 5.93. The highest BCUT2D eigenvalue weighted by atomic mass is 16.5. The molecule has 5 nitrogen and oxygen atoms in total. The van der Waals surface area contributed by atoms with E-state index in [2.05, 4.69) is 61.3 Å². The molecule has 0 bridgehead atoms. The number of anilines is 2. The highest BCUT2D eigenvalue weighted by Crippen LogP contribution is 2.28. The summed E-state index contributed by atoms with van der Waals surface area (Å²) in [6.07, 6.45) is 2.15. The van der Waals surface area contributed by atoms with E-state index in [1.54, 1.807) is 6.07 Å². The number of rotatable bonds is 3. The van der Waals surface area contributed by atoms with E-state index in [-0.39, 0.29) is 11.3 Å². The van der Waals surface area contributed by atoms with Gasteiger partial charge < -0.3 is 9.42 Å². The molecule has 5 heteroatoms. The summed E-state index contributed by atoms with van der Waals surface area (Å²) in [7, 11) is 0. The van der Waals surface area contributed by atoms with E-state index in [1.165, 1.54) is 11.1 Å². The van der Waals surface area contributed by atoms with Crippen molar-refractivity contribution >= 4 is 17.5 Å². The molecule has 0 unspecified atom stereocenters. The van der Waals surface area contributed by atoms with E-state index < -0.39 is 0 Å². The number of benzene rings is 1. The second-order valence-corrected chi connectivity index (χ2v) is 7.53. The van der Waals surface area contributed by atoms with Gasteiger partial charge in [-0.3, -0.25) is 10.1 Å². The van der Waals surface area contributed by atoms with Gasteiger partial charge in [-0.25, -0.2) is 0 Å². The van der Waals surface area contributed by atoms with Gasteiger partial charge in [-0.15, -0.1) is 0 Å². The Hall–Kier alpha value is -2.30. The maximum Gasteiger partial charge on any atom is 0.246 e. The second-order valence-electron chi connectivity index (χ2n) is 7.53. The molecular formula is C19H25N3O2. The van der Waals surface area contributed by atoms with Crippen molar-refractivity contribution in [2.24, 2.45) is 0 Å². The Morgan fingerprint density at radius 3 is 2.83 bits per heavy atom. The Labute approximate surface area is 143 Å². The van der Waals surface area contributed by atoms with Gasteiger partial charge in [0.15, 0.2) is 0 Å². The summed E-state index contributed by atoms with van der Waals surface area (Å²) < 4.78 is 5.24. The highest BCUT2D eigenvalue weighted by Gasteiger charge is 2.22. The molecule has 0 spiro atoms. The lowest BCUT2D eigenvalue weighted by Crippen LogP contribution is -2.36. The fourth-order valence-corrected chi connectivity index (χ4v) is 3.01. The number of nitrogens with zero attached hydrogens (tertiary/aromatic N) is 2. The van der Waals surface area contributed by atoms with Crippen LogP contribution in [0, 0.1) is 6.92 Å². The van der Waals surface area contributed by atoms with Crippen molar-refractivity contribution in [1.82, 2.24) is 5.16 Å². The first-order valence-corrected chi connectivity index (χ1v) is 8.44. The Kier molecular flexibility index (Phi) is 4.35. The molecule has 1 aromatic carbocycles. The summed E-state index contributed by atoms with van der Waals surface area (Å²) >= 11 is 0. The third-order valence-corrected chi connectivity index (χ3v) is 4.33. The number of carbonyl (C=O) groups is 1. The van der Waals surface area contributed by atoms with Gasteiger partial charge in [-0.2, -0.15) is 0 Å². The lowest BCUT2D eigenvalue weighted by molar-refractivity contribution is -0.115. The van der Waals surface area contributed by atoms with Crippen LogP contribution in [0.4, 0.5) is 11.6 Å². The van der Waals surface area contributed by atoms with Crippen molar-refractivity contribution in [3.05, 3.63) is 41.1 Å². The van der Waals surface area contributed by atoms with Gasteiger partial charge in [0, 0.05) is 23.7 Å². The molecule has 0 atom stereocenters. The fraction of sp³-hybridized carbons (Fsp3) is 0.474. The lowest BCUT2D eigenvalue weighted by Gasteiger charge is -2.30. The van der Waals surface area contributed by atoms with Crippen LogP contribution >= 0.6 is 0 Å². The summed E-state index contributed by atoms with van der Waals surface area (Å²) in [6.45, 7) is 9.49. The molecule has 1 N–H and O–H groups in total. The number of aromatic nitrogens is 1. The van der Waals surface area contributed by atoms with Crippen LogP contribution in [0.1, 0.15) is 44.0 Å². The Bertz CT molecular complexity index is 743. The first kappa shape index (κ1) is 16.6. The van der Waals surface area contributed by atoms with E-state index in [1.807, 2.05) is 0 Å². The van der Waals surface area contributed by atoms with E-state index >= 15 is 0 Å². The predicted octanol–water partition coefficient (Wildman–Crippen LogP) is 3.67. The maximum absolute atomic E-state index is 12.4. The van der Waals surface area contributed by atoms with E-state index in [0.29, 0.717) is 12.4 Å². The Morgan fingerprint density at radius 2 is 2.12 bits per heavy atom. The molecule has 0 radical (unpaired) electrons. The zero-order valence-corrected chi connectivity index (χ0v) is 14.8. The summed E-state index contributed by atoms with van der Waals surface area (Å²) in [5.74, 6) is 0.325. The second kappa shape index (κ2) is 6.30. The quantitative estimate of drug-likeness (QED) is 0.934. The van der Waals surface area contributed by atoms with E-state index in [0.717, 1.165) is 30.8 Å². The SMILES string of the molecule is Cc1ccc2c(c1)CCCN2CC(=O)Nc1cc(C(C)(C)C)no1. The zero-order chi connectivity index (χ0) is 17.3. The zero-order valence-electron chi connectivity index (χ0n) is 14.8. The average Bonchev–Trinajstić information content (AvgIpc) is 2.95. The van der Waals surface area contributed by atoms with Crippen molar-refractivity contribution in [1.29, 1.82) is 0 Å². The number of hydrogen-bond acceptors (Lipinski definition) is 4. The molecule has 2 aromatic rings. The molecule has 24 heavy (non-hydrogen) atoms. The third kappa shape index (κ3) is 3.61. The summed E-state index contributed by atoms with van der Waals surface area (Å²) in [6, 6.07) is 8.22. The van der Waals surface area contributed by atoms with Crippen LogP contribution < -0.4 is 10.2 Å². The molecule has 0 fully saturated rings. The minimum Gasteiger partial charge on any atom is -0.362 e. The standard InChI is InChI=1S/C19H25N3O2/c1-13-7-8-15-14(10-13)6-5-9-22(15)12-17(23)20-18-11-16(21-24-18)19(2,3)4/h7-8,10-11H,5-6,9,12H2,1-4H3,(H,20,23). The van der Waals surface area contributed by atoms with Crippen LogP contribution in [0.25, 0.3) is 0 Å². The molecule has 0 aliphatic carbocycles. The normalized spacial score (nSPS) is 14.4. The van der Waals surface area contributed by atoms with Crippen molar-refractivity contribution < 1.29 is 9.32 Å². The van der Waals surface area contributed by atoms with Gasteiger partial charge >= 0.3 is 0 Å². The number of carbonyl (C=O) groups excluding carboxylic acids is 1. The fourth-order valence-electron chi connectivity index (χ4n) is 3.01. The summed E-state index contributed by atoms with van der Waals surface area (Å²) in [4.78, 5) is 14.5. The van der Waals surface area contributed by atoms with Crippen molar-refractivity contribution in [2.45, 2.75) is 46.0 Å². The van der Waals surface area contributed by atoms with Crippen LogP contribution in [0.2, 0.25) is 0 Å². The maximum atomic E-state index is 12.4. The predicted molar refractivity (Wildman–Crippen MR) is 95.5 cm³/mol. The van der Waals surface area contributed by atoms with Gasteiger partial charge in [0.25, 0.3) is 0 Å². The number of fused-ring (bicyclic) bond motifs is 1. The first-order valence-electron chi connectivity index (χ1n) is 8.44. The summed E-state index contributed by atoms with van der Waals surface area (Å²) in [5.41, 5.74) is 4.47. The molecule has 128 valence electrons. The van der Waals surface area contributed by atoms with E-state index in [4.69, 9.17) is 4.52 Å². The molecule has 0 saturated heterocycles. The van der Waals surface area contributed by atoms with Gasteiger partial charge in [-0.1, -0.05) is 43.6 Å². The monoisotopic (exact) mass is 327 g/mol. The van der Waals surface area contributed by atoms with Crippen LogP contribution in [0.15, 0.2) is 28.8 Å². The van der Waals surface area contributed by atoms with Gasteiger partial charge in [-0.05, 0) is 31.4 Å². The molecular weight excluding hydrogens is 302 g/mol. The van der Waals surface area contributed by atoms with Crippen LogP contribution in [-0.4, -0.2) is 24.2 Å². The number of amides is 1. The molecule has 2 heterocycles. The van der Waals surface area contributed by atoms with Crippen molar-refractivity contribution in [3.63, 3.8) is 0 Å². The number of nitrogens with one attached hydrogen (secondary N) is 1. The van der Waals surface area contributed by atoms with Gasteiger partial charge in [0.2, 0.25) is 11.8 Å². The smallest absolute Gasteiger partial charge is 0.246 e. The molecule has 1 aliphatic heterocycles. The molecule has 1 amide bonds. The van der Waals surface area contributed by atoms with Gasteiger partial charge in [0.05, 0.1) is 12.2 Å². The van der Waals surface area contributed by atoms with Crippen molar-refractivity contribution in [2.75, 3.05) is 23.3 Å². The third-order valence-electron chi connectivity index (χ3n) is 4.33. The van der Waals surface area contributed by atoms with Crippen LogP contribution in [0.5, 0.6) is 0 Å². The molecule has 3 rings (SSSR count). The van der Waals surface area contributed by atoms with Crippen LogP contribution in [-0.2, 0) is 16.6 Å². The van der Waals surface area contributed by atoms with Gasteiger partial charge in [0.1, 0.15) is 0 Å². The molecule has 0 saturated carbocycles. The Morgan fingerprint density at radius 1 is 1.33 bits per heavy atom. The number of aryl methyl sites for hydroxylation is 2. The minimum absolute atomic E-state index is 0.0833. The minimum atomic E-state index is -0.101. The largest absolute Gasteiger partial charge is 0.362 e. The van der Waals surface area contributed by atoms with Crippen LogP contribution in [0.3, 0.4) is 0 Å². The Balaban J connectivity index is 1.67. The topological polar surface area (TPSA) is 58.4 Å². The van der Waals surface area contributed by atoms with Crippen molar-refractivity contribution in [3.8, 4) is 0 Å². The first-order chi connectivity index (χ1) is 11.3. The summed E-state index contributed by atoms with van der Waals surface area (Å²) in [5, 5.41) is 6.84.